The molecule has 0 spiro atoms. The van der Waals surface area contributed by atoms with Gasteiger partial charge in [-0.3, -0.25) is 9.59 Å². The molecule has 0 saturated heterocycles. The van der Waals surface area contributed by atoms with Crippen LogP contribution in [0.5, 0.6) is 0 Å². The fourth-order valence-corrected chi connectivity index (χ4v) is 1.93. The Labute approximate surface area is 118 Å². The second kappa shape index (κ2) is 6.46. The highest BCUT2D eigenvalue weighted by molar-refractivity contribution is 6.01. The number of carbonyl (C=O) groups is 2. The van der Waals surface area contributed by atoms with Crippen LogP contribution < -0.4 is 5.73 Å². The number of hydrogen-bond acceptors (Lipinski definition) is 5. The van der Waals surface area contributed by atoms with Crippen molar-refractivity contribution in [3.05, 3.63) is 23.3 Å². The lowest BCUT2D eigenvalue weighted by Crippen LogP contribution is -2.48. The summed E-state index contributed by atoms with van der Waals surface area (Å²) in [4.78, 5) is 25.4. The summed E-state index contributed by atoms with van der Waals surface area (Å²) in [6.45, 7) is 0.278. The van der Waals surface area contributed by atoms with Crippen molar-refractivity contribution in [2.24, 2.45) is 5.73 Å². The first-order chi connectivity index (χ1) is 9.35. The third kappa shape index (κ3) is 3.32. The quantitative estimate of drug-likeness (QED) is 0.772. The van der Waals surface area contributed by atoms with Crippen LogP contribution in [0.3, 0.4) is 0 Å². The number of ketones is 1. The van der Waals surface area contributed by atoms with E-state index in [4.69, 9.17) is 15.7 Å². The van der Waals surface area contributed by atoms with Gasteiger partial charge in [0, 0.05) is 27.6 Å². The molecule has 1 aliphatic rings. The van der Waals surface area contributed by atoms with Crippen molar-refractivity contribution in [3.8, 4) is 6.07 Å². The molecule has 0 aromatic rings. The summed E-state index contributed by atoms with van der Waals surface area (Å²) in [7, 11) is 4.71. The molecule has 6 heteroatoms. The van der Waals surface area contributed by atoms with E-state index in [2.05, 4.69) is 0 Å². The summed E-state index contributed by atoms with van der Waals surface area (Å²) < 4.78 is 4.85. The molecular formula is C14H19N3O3. The number of ether oxygens (including phenoxy) is 1. The molecule has 0 aromatic carbocycles. The van der Waals surface area contributed by atoms with Crippen molar-refractivity contribution in [3.63, 3.8) is 0 Å². The number of nitriles is 1. The predicted molar refractivity (Wildman–Crippen MR) is 73.5 cm³/mol. The largest absolute Gasteiger partial charge is 0.384 e. The fourth-order valence-electron chi connectivity index (χ4n) is 1.93. The van der Waals surface area contributed by atoms with Gasteiger partial charge in [-0.2, -0.15) is 5.26 Å². The van der Waals surface area contributed by atoms with Gasteiger partial charge in [0.25, 0.3) is 5.91 Å². The topological polar surface area (TPSA) is 96.4 Å². The van der Waals surface area contributed by atoms with Crippen LogP contribution in [0, 0.1) is 11.3 Å². The standard InChI is InChI=1S/C14H19N3O3/c1-17(2)13(19)11-4-6-14(16,8-10(11)9-15)12(18)5-7-20-3/h4,8H,5-7,16H2,1-3H3. The third-order valence-electron chi connectivity index (χ3n) is 3.15. The fraction of sp³-hybridized carbons (Fsp3) is 0.500. The maximum atomic E-state index is 12.1. The summed E-state index contributed by atoms with van der Waals surface area (Å²) >= 11 is 0. The Balaban J connectivity index is 3.01. The number of hydrogen-bond donors (Lipinski definition) is 1. The zero-order valence-electron chi connectivity index (χ0n) is 12.0. The minimum atomic E-state index is -1.24. The van der Waals surface area contributed by atoms with Gasteiger partial charge in [0.1, 0.15) is 0 Å². The van der Waals surface area contributed by atoms with Crippen LogP contribution in [0.15, 0.2) is 23.3 Å². The van der Waals surface area contributed by atoms with Gasteiger partial charge in [-0.05, 0) is 12.5 Å². The molecule has 2 N–H and O–H groups in total. The van der Waals surface area contributed by atoms with Gasteiger partial charge in [0.2, 0.25) is 0 Å². The number of methoxy groups -OCH3 is 1. The summed E-state index contributed by atoms with van der Waals surface area (Å²) in [5.74, 6) is -0.483. The lowest BCUT2D eigenvalue weighted by atomic mass is 9.81. The van der Waals surface area contributed by atoms with E-state index in [0.29, 0.717) is 0 Å². The van der Waals surface area contributed by atoms with Crippen LogP contribution in [0.4, 0.5) is 0 Å². The molecule has 1 unspecified atom stereocenters. The number of likely N-dealkylation sites (N-methyl/N-ethyl adjacent to an activating group) is 1. The average Bonchev–Trinajstić information content (AvgIpc) is 2.43. The highest BCUT2D eigenvalue weighted by Crippen LogP contribution is 2.27. The Hall–Kier alpha value is -1.97. The summed E-state index contributed by atoms with van der Waals surface area (Å²) in [6, 6.07) is 1.94. The molecule has 6 nitrogen and oxygen atoms in total. The Morgan fingerprint density at radius 1 is 1.55 bits per heavy atom. The monoisotopic (exact) mass is 277 g/mol. The second-order valence-electron chi connectivity index (χ2n) is 4.90. The SMILES string of the molecule is COCCC(=O)C1(N)C=C(C#N)C(C(=O)N(C)C)=CC1. The third-order valence-corrected chi connectivity index (χ3v) is 3.15. The average molecular weight is 277 g/mol. The van der Waals surface area contributed by atoms with E-state index in [1.54, 1.807) is 20.2 Å². The first-order valence-electron chi connectivity index (χ1n) is 6.22. The molecule has 0 saturated carbocycles. The highest BCUT2D eigenvalue weighted by Gasteiger charge is 2.35. The molecule has 0 radical (unpaired) electrons. The van der Waals surface area contributed by atoms with Gasteiger partial charge < -0.3 is 15.4 Å². The highest BCUT2D eigenvalue weighted by atomic mass is 16.5. The summed E-state index contributed by atoms with van der Waals surface area (Å²) in [5.41, 5.74) is 5.24. The number of carbonyl (C=O) groups excluding carboxylic acids is 2. The van der Waals surface area contributed by atoms with Crippen LogP contribution in [-0.2, 0) is 14.3 Å². The lowest BCUT2D eigenvalue weighted by molar-refractivity contribution is -0.125. The number of rotatable bonds is 5. The van der Waals surface area contributed by atoms with Crippen molar-refractivity contribution >= 4 is 11.7 Å². The lowest BCUT2D eigenvalue weighted by Gasteiger charge is -2.28. The van der Waals surface area contributed by atoms with Crippen LogP contribution >= 0.6 is 0 Å². The Kier molecular flexibility index (Phi) is 5.19. The molecule has 1 atom stereocenters. The van der Waals surface area contributed by atoms with Crippen molar-refractivity contribution in [1.82, 2.24) is 4.90 Å². The minimum Gasteiger partial charge on any atom is -0.384 e. The van der Waals surface area contributed by atoms with E-state index in [9.17, 15) is 9.59 Å². The Bertz CT molecular complexity index is 514. The van der Waals surface area contributed by atoms with Crippen molar-refractivity contribution < 1.29 is 14.3 Å². The Morgan fingerprint density at radius 2 is 2.20 bits per heavy atom. The van der Waals surface area contributed by atoms with Crippen molar-refractivity contribution in [2.75, 3.05) is 27.8 Å². The van der Waals surface area contributed by atoms with Gasteiger partial charge >= 0.3 is 0 Å². The minimum absolute atomic E-state index is 0.142. The van der Waals surface area contributed by atoms with Gasteiger partial charge in [-0.15, -0.1) is 0 Å². The molecule has 1 aliphatic carbocycles. The molecule has 0 fully saturated rings. The van der Waals surface area contributed by atoms with Gasteiger partial charge in [0.05, 0.1) is 29.4 Å². The maximum Gasteiger partial charge on any atom is 0.254 e. The van der Waals surface area contributed by atoms with E-state index < -0.39 is 5.54 Å². The maximum absolute atomic E-state index is 12.1. The summed E-state index contributed by atoms with van der Waals surface area (Å²) in [5, 5.41) is 9.16. The molecular weight excluding hydrogens is 258 g/mol. The molecule has 1 amide bonds. The van der Waals surface area contributed by atoms with E-state index >= 15 is 0 Å². The van der Waals surface area contributed by atoms with Crippen molar-refractivity contribution in [2.45, 2.75) is 18.4 Å². The molecule has 108 valence electrons. The zero-order chi connectivity index (χ0) is 15.3. The van der Waals surface area contributed by atoms with Gasteiger partial charge in [-0.25, -0.2) is 0 Å². The predicted octanol–water partition coefficient (Wildman–Crippen LogP) is 0.158. The molecule has 1 rings (SSSR count). The molecule has 20 heavy (non-hydrogen) atoms. The molecule has 0 bridgehead atoms. The normalized spacial score (nSPS) is 21.6. The number of nitrogens with zero attached hydrogens (tertiary/aromatic N) is 2. The van der Waals surface area contributed by atoms with Gasteiger partial charge in [-0.1, -0.05) is 6.08 Å². The van der Waals surface area contributed by atoms with E-state index in [1.165, 1.54) is 18.1 Å². The van der Waals surface area contributed by atoms with E-state index in [-0.39, 0.29) is 42.3 Å². The molecule has 0 heterocycles. The molecule has 0 aromatic heterocycles. The van der Waals surface area contributed by atoms with Crippen LogP contribution in [0.25, 0.3) is 0 Å². The van der Waals surface area contributed by atoms with Crippen molar-refractivity contribution in [1.29, 1.82) is 5.26 Å². The smallest absolute Gasteiger partial charge is 0.254 e. The van der Waals surface area contributed by atoms with E-state index in [0.717, 1.165) is 0 Å². The first kappa shape index (κ1) is 16.1. The number of Topliss-reactive ketones (excluding diaryl/α,β-unsaturated/α-hetero) is 1. The molecule has 0 aliphatic heterocycles. The zero-order valence-corrected chi connectivity index (χ0v) is 12.0. The van der Waals surface area contributed by atoms with Crippen LogP contribution in [0.2, 0.25) is 0 Å². The van der Waals surface area contributed by atoms with E-state index in [1.807, 2.05) is 6.07 Å². The van der Waals surface area contributed by atoms with Gasteiger partial charge in [0.15, 0.2) is 5.78 Å². The number of amides is 1. The Morgan fingerprint density at radius 3 is 2.70 bits per heavy atom. The number of nitrogens with two attached hydrogens (primary N) is 1. The van der Waals surface area contributed by atoms with Crippen LogP contribution in [0.1, 0.15) is 12.8 Å². The first-order valence-corrected chi connectivity index (χ1v) is 6.22. The van der Waals surface area contributed by atoms with Crippen LogP contribution in [-0.4, -0.2) is 49.9 Å². The summed E-state index contributed by atoms with van der Waals surface area (Å²) in [6.07, 6.45) is 3.33. The second-order valence-corrected chi connectivity index (χ2v) is 4.90.